The van der Waals surface area contributed by atoms with Gasteiger partial charge in [-0.2, -0.15) is 0 Å². The SMILES string of the molecule is Cc1ccsc1CNC(=O)[C@H]1[C@H]2C[C@H](CN(Cc3nc[nH]c3C)C2)c2cccc(=O)n21.O=CO. The van der Waals surface area contributed by atoms with Gasteiger partial charge in [0.1, 0.15) is 6.04 Å². The number of hydrogen-bond donors (Lipinski definition) is 3. The largest absolute Gasteiger partial charge is 0.483 e. The fourth-order valence-corrected chi connectivity index (χ4v) is 5.96. The molecule has 3 aromatic rings. The number of nitrogens with zero attached hydrogens (tertiary/aromatic N) is 3. The Bertz CT molecular complexity index is 1220. The van der Waals surface area contributed by atoms with Crippen LogP contribution in [-0.2, 0) is 22.7 Å². The summed E-state index contributed by atoms with van der Waals surface area (Å²) in [6.07, 6.45) is 2.66. The van der Waals surface area contributed by atoms with Crippen LogP contribution in [0.3, 0.4) is 0 Å². The van der Waals surface area contributed by atoms with Crippen LogP contribution in [0.25, 0.3) is 0 Å². The van der Waals surface area contributed by atoms with Gasteiger partial charge in [0.2, 0.25) is 5.91 Å². The Hall–Kier alpha value is -3.24. The number of carbonyl (C=O) groups is 2. The summed E-state index contributed by atoms with van der Waals surface area (Å²) in [7, 11) is 0. The maximum Gasteiger partial charge on any atom is 0.290 e. The zero-order chi connectivity index (χ0) is 24.2. The second-order valence-electron chi connectivity index (χ2n) is 8.81. The van der Waals surface area contributed by atoms with Crippen molar-refractivity contribution in [2.24, 2.45) is 5.92 Å². The Morgan fingerprint density at radius 1 is 1.32 bits per heavy atom. The summed E-state index contributed by atoms with van der Waals surface area (Å²) < 4.78 is 1.76. The zero-order valence-electron chi connectivity index (χ0n) is 19.2. The molecular weight excluding hydrogens is 454 g/mol. The number of imidazole rings is 1. The molecule has 0 unspecified atom stereocenters. The summed E-state index contributed by atoms with van der Waals surface area (Å²) in [5, 5.41) is 12.0. The number of carbonyl (C=O) groups excluding carboxylic acids is 1. The van der Waals surface area contributed by atoms with Crippen LogP contribution in [-0.4, -0.2) is 50.0 Å². The molecule has 0 aromatic carbocycles. The molecule has 1 fully saturated rings. The maximum atomic E-state index is 13.4. The number of fused-ring (bicyclic) bond motifs is 4. The number of piperidine rings is 1. The topological polar surface area (TPSA) is 120 Å². The number of hydrogen-bond acceptors (Lipinski definition) is 6. The fourth-order valence-electron chi connectivity index (χ4n) is 5.11. The van der Waals surface area contributed by atoms with Gasteiger partial charge in [0.05, 0.1) is 18.6 Å². The zero-order valence-corrected chi connectivity index (χ0v) is 20.0. The van der Waals surface area contributed by atoms with Crippen molar-refractivity contribution >= 4 is 23.7 Å². The Morgan fingerprint density at radius 3 is 2.79 bits per heavy atom. The van der Waals surface area contributed by atoms with Gasteiger partial charge in [-0.15, -0.1) is 11.3 Å². The second-order valence-corrected chi connectivity index (χ2v) is 9.82. The van der Waals surface area contributed by atoms with Crippen molar-refractivity contribution < 1.29 is 14.7 Å². The van der Waals surface area contributed by atoms with E-state index in [4.69, 9.17) is 9.90 Å². The molecule has 3 aromatic heterocycles. The van der Waals surface area contributed by atoms with Crippen LogP contribution in [0.2, 0.25) is 0 Å². The first-order chi connectivity index (χ1) is 16.4. The maximum absolute atomic E-state index is 13.4. The van der Waals surface area contributed by atoms with Gasteiger partial charge in [0.15, 0.2) is 0 Å². The number of aryl methyl sites for hydroxylation is 2. The quantitative estimate of drug-likeness (QED) is 0.480. The summed E-state index contributed by atoms with van der Waals surface area (Å²) in [6.45, 7) is 6.74. The van der Waals surface area contributed by atoms with E-state index in [1.165, 1.54) is 5.56 Å². The molecule has 2 aliphatic heterocycles. The number of aromatic nitrogens is 3. The standard InChI is InChI=1S/C23H27N5O2S.CH2O2/c1-14-6-7-31-20(14)9-24-23(30)22-17-8-16(19-4-3-5-21(29)28(19)22)10-27(11-17)12-18-15(2)25-13-26-18;2-1-3/h3-7,13,16-17,22H,8-12H2,1-2H3,(H,24,30)(H,25,26);1H,(H,2,3)/t16-,17+,22-;/m1./s1. The van der Waals surface area contributed by atoms with Crippen molar-refractivity contribution in [1.29, 1.82) is 0 Å². The average molecular weight is 484 g/mol. The van der Waals surface area contributed by atoms with Crippen LogP contribution in [0.15, 0.2) is 40.8 Å². The van der Waals surface area contributed by atoms with E-state index in [9.17, 15) is 9.59 Å². The average Bonchev–Trinajstić information content (AvgIpc) is 3.41. The molecule has 2 aliphatic rings. The third-order valence-corrected chi connectivity index (χ3v) is 7.71. The van der Waals surface area contributed by atoms with Gasteiger partial charge in [0, 0.05) is 53.8 Å². The van der Waals surface area contributed by atoms with Crippen LogP contribution in [0, 0.1) is 19.8 Å². The molecule has 180 valence electrons. The number of H-pyrrole nitrogens is 1. The number of aromatic amines is 1. The van der Waals surface area contributed by atoms with Crippen molar-refractivity contribution in [3.05, 3.63) is 73.8 Å². The van der Waals surface area contributed by atoms with Crippen molar-refractivity contribution in [1.82, 2.24) is 24.8 Å². The van der Waals surface area contributed by atoms with E-state index in [1.54, 1.807) is 28.3 Å². The van der Waals surface area contributed by atoms with Crippen LogP contribution >= 0.6 is 11.3 Å². The number of carboxylic acid groups (broad SMARTS) is 1. The normalized spacial score (nSPS) is 21.2. The Labute approximate surface area is 201 Å². The van der Waals surface area contributed by atoms with Gasteiger partial charge < -0.3 is 15.4 Å². The molecule has 0 spiro atoms. The van der Waals surface area contributed by atoms with E-state index in [-0.39, 0.29) is 29.8 Å². The van der Waals surface area contributed by atoms with E-state index in [1.807, 2.05) is 24.4 Å². The lowest BCUT2D eigenvalue weighted by molar-refractivity contribution is -0.128. The van der Waals surface area contributed by atoms with Crippen molar-refractivity contribution in [2.75, 3.05) is 13.1 Å². The molecule has 2 bridgehead atoms. The summed E-state index contributed by atoms with van der Waals surface area (Å²) >= 11 is 1.65. The van der Waals surface area contributed by atoms with E-state index in [2.05, 4.69) is 33.2 Å². The predicted octanol–water partition coefficient (Wildman–Crippen LogP) is 2.43. The van der Waals surface area contributed by atoms with Crippen LogP contribution < -0.4 is 10.9 Å². The summed E-state index contributed by atoms with van der Waals surface area (Å²) in [6, 6.07) is 6.97. The molecule has 0 radical (unpaired) electrons. The molecule has 34 heavy (non-hydrogen) atoms. The summed E-state index contributed by atoms with van der Waals surface area (Å²) in [4.78, 5) is 45.7. The molecule has 0 saturated carbocycles. The minimum atomic E-state index is -0.483. The monoisotopic (exact) mass is 483 g/mol. The van der Waals surface area contributed by atoms with E-state index >= 15 is 0 Å². The first-order valence-corrected chi connectivity index (χ1v) is 12.1. The molecule has 3 N–H and O–H groups in total. The highest BCUT2D eigenvalue weighted by Crippen LogP contribution is 2.41. The van der Waals surface area contributed by atoms with E-state index in [0.717, 1.165) is 48.0 Å². The van der Waals surface area contributed by atoms with Gasteiger partial charge in [-0.3, -0.25) is 23.9 Å². The molecule has 1 saturated heterocycles. The number of rotatable bonds is 5. The first kappa shape index (κ1) is 23.9. The molecule has 0 aliphatic carbocycles. The van der Waals surface area contributed by atoms with E-state index < -0.39 is 6.04 Å². The van der Waals surface area contributed by atoms with Crippen LogP contribution in [0.5, 0.6) is 0 Å². The lowest BCUT2D eigenvalue weighted by atomic mass is 9.78. The summed E-state index contributed by atoms with van der Waals surface area (Å²) in [5.41, 5.74) is 4.19. The molecule has 5 heterocycles. The number of thiophene rings is 1. The molecule has 10 heteroatoms. The molecule has 9 nitrogen and oxygen atoms in total. The number of nitrogens with one attached hydrogen (secondary N) is 2. The number of amides is 1. The van der Waals surface area contributed by atoms with Crippen LogP contribution in [0.4, 0.5) is 0 Å². The van der Waals surface area contributed by atoms with Gasteiger partial charge in [-0.1, -0.05) is 6.07 Å². The van der Waals surface area contributed by atoms with Gasteiger partial charge in [-0.05, 0) is 43.3 Å². The number of likely N-dealkylation sites (tertiary alicyclic amines) is 1. The van der Waals surface area contributed by atoms with E-state index in [0.29, 0.717) is 6.54 Å². The van der Waals surface area contributed by atoms with Gasteiger partial charge >= 0.3 is 0 Å². The summed E-state index contributed by atoms with van der Waals surface area (Å²) in [5.74, 6) is 0.272. The lowest BCUT2D eigenvalue weighted by Crippen LogP contribution is -2.53. The minimum absolute atomic E-state index is 0.0661. The van der Waals surface area contributed by atoms with Crippen molar-refractivity contribution in [2.45, 2.75) is 45.3 Å². The molecule has 3 atom stereocenters. The fraction of sp³-hybridized carbons (Fsp3) is 0.417. The first-order valence-electron chi connectivity index (χ1n) is 11.2. The van der Waals surface area contributed by atoms with Crippen molar-refractivity contribution in [3.8, 4) is 0 Å². The van der Waals surface area contributed by atoms with Crippen LogP contribution in [0.1, 0.15) is 45.9 Å². The predicted molar refractivity (Wildman–Crippen MR) is 129 cm³/mol. The second kappa shape index (κ2) is 10.4. The number of pyridine rings is 1. The Kier molecular flexibility index (Phi) is 7.28. The van der Waals surface area contributed by atoms with Crippen molar-refractivity contribution in [3.63, 3.8) is 0 Å². The molecule has 5 rings (SSSR count). The van der Waals surface area contributed by atoms with Gasteiger partial charge in [0.25, 0.3) is 12.0 Å². The third kappa shape index (κ3) is 4.83. The highest BCUT2D eigenvalue weighted by atomic mass is 32.1. The lowest BCUT2D eigenvalue weighted by Gasteiger charge is -2.46. The highest BCUT2D eigenvalue weighted by Gasteiger charge is 2.43. The van der Waals surface area contributed by atoms with Gasteiger partial charge in [-0.25, -0.2) is 4.98 Å². The third-order valence-electron chi connectivity index (χ3n) is 6.69. The Morgan fingerprint density at radius 2 is 2.12 bits per heavy atom. The highest BCUT2D eigenvalue weighted by molar-refractivity contribution is 7.10. The molecule has 1 amide bonds. The smallest absolute Gasteiger partial charge is 0.290 e. The minimum Gasteiger partial charge on any atom is -0.483 e. The Balaban J connectivity index is 0.000000868. The molecular formula is C24H29N5O4S.